The van der Waals surface area contributed by atoms with Crippen LogP contribution in [0.25, 0.3) is 0 Å². The lowest BCUT2D eigenvalue weighted by Crippen LogP contribution is -2.33. The van der Waals surface area contributed by atoms with Crippen molar-refractivity contribution in [1.29, 1.82) is 0 Å². The molecule has 0 unspecified atom stereocenters. The molecule has 4 aromatic rings. The molecule has 3 aromatic carbocycles. The van der Waals surface area contributed by atoms with Crippen LogP contribution in [0.15, 0.2) is 78.9 Å². The minimum absolute atomic E-state index is 0.0796. The maximum absolute atomic E-state index is 12.9. The molecule has 4 rings (SSSR count). The molecule has 0 saturated heterocycles. The zero-order valence-electron chi connectivity index (χ0n) is 18.3. The number of aromatic nitrogens is 2. The van der Waals surface area contributed by atoms with Gasteiger partial charge in [0.2, 0.25) is 11.0 Å². The maximum Gasteiger partial charge on any atom is 0.243 e. The second-order valence-electron chi connectivity index (χ2n) is 7.84. The highest BCUT2D eigenvalue weighted by Gasteiger charge is 2.17. The molecule has 1 aromatic heterocycles. The van der Waals surface area contributed by atoms with E-state index in [0.717, 1.165) is 27.8 Å². The van der Waals surface area contributed by atoms with Crippen LogP contribution in [-0.2, 0) is 17.8 Å². The molecule has 0 aliphatic heterocycles. The Morgan fingerprint density at radius 2 is 1.59 bits per heavy atom. The van der Waals surface area contributed by atoms with Crippen molar-refractivity contribution in [3.8, 4) is 0 Å². The van der Waals surface area contributed by atoms with Crippen molar-refractivity contribution in [2.75, 3.05) is 16.8 Å². The van der Waals surface area contributed by atoms with Crippen molar-refractivity contribution in [3.63, 3.8) is 0 Å². The monoisotopic (exact) mass is 442 g/mol. The van der Waals surface area contributed by atoms with Gasteiger partial charge in [-0.25, -0.2) is 4.98 Å². The van der Waals surface area contributed by atoms with Gasteiger partial charge in [0.05, 0.1) is 6.54 Å². The SMILES string of the molecule is Cc1ccc(NC(=O)CN(Cc2ccccc2)c2nc(Cc3ccccc3)ns2)cc1C. The molecule has 5 nitrogen and oxygen atoms in total. The van der Waals surface area contributed by atoms with Gasteiger partial charge in [-0.2, -0.15) is 4.37 Å². The van der Waals surface area contributed by atoms with E-state index in [9.17, 15) is 4.79 Å². The molecule has 0 bridgehead atoms. The van der Waals surface area contributed by atoms with Crippen LogP contribution < -0.4 is 10.2 Å². The molecule has 1 heterocycles. The van der Waals surface area contributed by atoms with Crippen molar-refractivity contribution < 1.29 is 4.79 Å². The average Bonchev–Trinajstić information content (AvgIpc) is 3.26. The number of nitrogens with zero attached hydrogens (tertiary/aromatic N) is 3. The number of rotatable bonds is 8. The number of nitrogens with one attached hydrogen (secondary N) is 1. The highest BCUT2D eigenvalue weighted by Crippen LogP contribution is 2.22. The fourth-order valence-electron chi connectivity index (χ4n) is 3.41. The van der Waals surface area contributed by atoms with Gasteiger partial charge in [-0.1, -0.05) is 66.7 Å². The predicted molar refractivity (Wildman–Crippen MR) is 131 cm³/mol. The van der Waals surface area contributed by atoms with Crippen LogP contribution in [0, 0.1) is 13.8 Å². The Morgan fingerprint density at radius 3 is 2.28 bits per heavy atom. The molecule has 0 atom stereocenters. The second kappa shape index (κ2) is 10.2. The molecule has 1 amide bonds. The minimum atomic E-state index is -0.0796. The van der Waals surface area contributed by atoms with Crippen molar-refractivity contribution in [2.24, 2.45) is 0 Å². The van der Waals surface area contributed by atoms with Gasteiger partial charge >= 0.3 is 0 Å². The Hall–Kier alpha value is -3.51. The van der Waals surface area contributed by atoms with Crippen LogP contribution in [0.2, 0.25) is 0 Å². The summed E-state index contributed by atoms with van der Waals surface area (Å²) in [5, 5.41) is 3.76. The number of hydrogen-bond acceptors (Lipinski definition) is 5. The first-order chi connectivity index (χ1) is 15.6. The Morgan fingerprint density at radius 1 is 0.906 bits per heavy atom. The molecular formula is C26H26N4OS. The summed E-state index contributed by atoms with van der Waals surface area (Å²) in [6.07, 6.45) is 0.672. The van der Waals surface area contributed by atoms with Crippen molar-refractivity contribution in [3.05, 3.63) is 107 Å². The Labute approximate surface area is 192 Å². The number of hydrogen-bond donors (Lipinski definition) is 1. The third kappa shape index (κ3) is 5.80. The number of amides is 1. The molecule has 6 heteroatoms. The van der Waals surface area contributed by atoms with Crippen LogP contribution >= 0.6 is 11.5 Å². The van der Waals surface area contributed by atoms with Crippen LogP contribution in [0.4, 0.5) is 10.8 Å². The molecule has 0 saturated carbocycles. The predicted octanol–water partition coefficient (Wildman–Crippen LogP) is 5.39. The van der Waals surface area contributed by atoms with E-state index in [1.807, 2.05) is 66.4 Å². The highest BCUT2D eigenvalue weighted by molar-refractivity contribution is 7.09. The topological polar surface area (TPSA) is 58.1 Å². The van der Waals surface area contributed by atoms with Crippen molar-refractivity contribution in [2.45, 2.75) is 26.8 Å². The highest BCUT2D eigenvalue weighted by atomic mass is 32.1. The lowest BCUT2D eigenvalue weighted by Gasteiger charge is -2.21. The quantitative estimate of drug-likeness (QED) is 0.397. The van der Waals surface area contributed by atoms with Crippen LogP contribution in [0.3, 0.4) is 0 Å². The normalized spacial score (nSPS) is 10.7. The lowest BCUT2D eigenvalue weighted by molar-refractivity contribution is -0.115. The van der Waals surface area contributed by atoms with Crippen LogP contribution in [0.5, 0.6) is 0 Å². The number of benzene rings is 3. The Bertz CT molecular complexity index is 1170. The third-order valence-electron chi connectivity index (χ3n) is 5.27. The summed E-state index contributed by atoms with van der Waals surface area (Å²) >= 11 is 1.33. The van der Waals surface area contributed by atoms with E-state index in [4.69, 9.17) is 4.98 Å². The van der Waals surface area contributed by atoms with E-state index in [0.29, 0.717) is 13.0 Å². The van der Waals surface area contributed by atoms with Gasteiger partial charge in [-0.3, -0.25) is 4.79 Å². The average molecular weight is 443 g/mol. The van der Waals surface area contributed by atoms with Gasteiger partial charge in [0.15, 0.2) is 0 Å². The maximum atomic E-state index is 12.9. The summed E-state index contributed by atoms with van der Waals surface area (Å²) in [5.41, 5.74) is 5.44. The summed E-state index contributed by atoms with van der Waals surface area (Å²) < 4.78 is 4.54. The van der Waals surface area contributed by atoms with Gasteiger partial charge in [0.1, 0.15) is 5.82 Å². The van der Waals surface area contributed by atoms with Gasteiger partial charge in [0, 0.05) is 30.2 Å². The first-order valence-corrected chi connectivity index (χ1v) is 11.4. The number of aryl methyl sites for hydroxylation is 2. The largest absolute Gasteiger partial charge is 0.333 e. The summed E-state index contributed by atoms with van der Waals surface area (Å²) in [4.78, 5) is 19.6. The van der Waals surface area contributed by atoms with Crippen LogP contribution in [-0.4, -0.2) is 21.8 Å². The van der Waals surface area contributed by atoms with E-state index in [1.165, 1.54) is 22.7 Å². The van der Waals surface area contributed by atoms with E-state index in [2.05, 4.69) is 40.9 Å². The molecule has 162 valence electrons. The van der Waals surface area contributed by atoms with E-state index >= 15 is 0 Å². The summed E-state index contributed by atoms with van der Waals surface area (Å²) in [6, 6.07) is 26.2. The summed E-state index contributed by atoms with van der Waals surface area (Å²) in [5.74, 6) is 0.688. The van der Waals surface area contributed by atoms with E-state index in [1.54, 1.807) is 0 Å². The van der Waals surface area contributed by atoms with Gasteiger partial charge in [-0.15, -0.1) is 0 Å². The molecular weight excluding hydrogens is 416 g/mol. The van der Waals surface area contributed by atoms with Gasteiger partial charge in [-0.05, 0) is 48.2 Å². The van der Waals surface area contributed by atoms with Crippen LogP contribution in [0.1, 0.15) is 28.1 Å². The molecule has 0 aliphatic carbocycles. The molecule has 0 spiro atoms. The fraction of sp³-hybridized carbons (Fsp3) is 0.192. The smallest absolute Gasteiger partial charge is 0.243 e. The van der Waals surface area contributed by atoms with Gasteiger partial charge < -0.3 is 10.2 Å². The standard InChI is InChI=1S/C26H26N4OS/c1-19-13-14-23(15-20(19)2)27-25(31)18-30(17-22-11-7-4-8-12-22)26-28-24(29-32-26)16-21-9-5-3-6-10-21/h3-15H,16-18H2,1-2H3,(H,27,31). The number of anilines is 2. The molecule has 1 N–H and O–H groups in total. The van der Waals surface area contributed by atoms with Crippen molar-refractivity contribution >= 4 is 28.3 Å². The summed E-state index contributed by atoms with van der Waals surface area (Å²) in [7, 11) is 0. The van der Waals surface area contributed by atoms with Gasteiger partial charge in [0.25, 0.3) is 0 Å². The Kier molecular flexibility index (Phi) is 6.92. The summed E-state index contributed by atoms with van der Waals surface area (Å²) in [6.45, 7) is 4.89. The zero-order chi connectivity index (χ0) is 22.3. The lowest BCUT2D eigenvalue weighted by atomic mass is 10.1. The Balaban J connectivity index is 1.51. The van der Waals surface area contributed by atoms with Crippen molar-refractivity contribution in [1.82, 2.24) is 9.36 Å². The molecule has 32 heavy (non-hydrogen) atoms. The third-order valence-corrected chi connectivity index (χ3v) is 6.09. The van der Waals surface area contributed by atoms with E-state index < -0.39 is 0 Å². The molecule has 0 fully saturated rings. The minimum Gasteiger partial charge on any atom is -0.333 e. The molecule has 0 radical (unpaired) electrons. The fourth-order valence-corrected chi connectivity index (χ4v) is 4.09. The first-order valence-electron chi connectivity index (χ1n) is 10.6. The number of carbonyl (C=O) groups is 1. The first kappa shape index (κ1) is 21.7. The number of carbonyl (C=O) groups excluding carboxylic acids is 1. The molecule has 0 aliphatic rings. The van der Waals surface area contributed by atoms with E-state index in [-0.39, 0.29) is 12.5 Å². The zero-order valence-corrected chi connectivity index (χ0v) is 19.1. The second-order valence-corrected chi connectivity index (χ2v) is 8.57.